The highest BCUT2D eigenvalue weighted by Gasteiger charge is 2.43. The molecule has 3 fully saturated rings. The van der Waals surface area contributed by atoms with E-state index < -0.39 is 0 Å². The number of ether oxygens (including phenoxy) is 2. The van der Waals surface area contributed by atoms with Gasteiger partial charge in [0, 0.05) is 26.2 Å². The third-order valence-corrected chi connectivity index (χ3v) is 5.04. The lowest BCUT2D eigenvalue weighted by molar-refractivity contribution is -0.187. The quantitative estimate of drug-likeness (QED) is 0.775. The fraction of sp³-hybridized carbons (Fsp3) is 1.00. The first-order valence-corrected chi connectivity index (χ1v) is 8.14. The molecule has 1 spiro atoms. The maximum absolute atomic E-state index is 6.45. The molecule has 0 aromatic carbocycles. The molecule has 0 aromatic rings. The maximum atomic E-state index is 6.45. The van der Waals surface area contributed by atoms with Crippen molar-refractivity contribution in [1.82, 2.24) is 15.5 Å². The Kier molecular flexibility index (Phi) is 4.94. The van der Waals surface area contributed by atoms with E-state index in [1.807, 2.05) is 0 Å². The summed E-state index contributed by atoms with van der Waals surface area (Å²) in [6.45, 7) is 7.35. The fourth-order valence-electron chi connectivity index (χ4n) is 4.01. The second kappa shape index (κ2) is 6.71. The molecule has 1 unspecified atom stereocenters. The predicted molar refractivity (Wildman–Crippen MR) is 79.0 cm³/mol. The standard InChI is InChI=1S/C15H29N3O2/c1-19-11-14-10-18(13-2-6-16-7-3-13)12-15(20-14)4-8-17-9-5-15/h13-14,16-17H,2-12H2,1H3. The lowest BCUT2D eigenvalue weighted by Crippen LogP contribution is -2.62. The molecule has 3 saturated heterocycles. The van der Waals surface area contributed by atoms with Gasteiger partial charge in [0.05, 0.1) is 18.3 Å². The van der Waals surface area contributed by atoms with Crippen LogP contribution in [0.5, 0.6) is 0 Å². The number of piperidine rings is 2. The van der Waals surface area contributed by atoms with Gasteiger partial charge in [-0.15, -0.1) is 0 Å². The number of rotatable bonds is 3. The van der Waals surface area contributed by atoms with Crippen molar-refractivity contribution in [3.63, 3.8) is 0 Å². The minimum absolute atomic E-state index is 0.0670. The molecule has 3 heterocycles. The van der Waals surface area contributed by atoms with E-state index in [1.54, 1.807) is 7.11 Å². The fourth-order valence-corrected chi connectivity index (χ4v) is 4.01. The Morgan fingerprint density at radius 2 is 1.85 bits per heavy atom. The van der Waals surface area contributed by atoms with Gasteiger partial charge in [0.15, 0.2) is 0 Å². The summed E-state index contributed by atoms with van der Waals surface area (Å²) in [5.74, 6) is 0. The highest BCUT2D eigenvalue weighted by molar-refractivity contribution is 4.96. The molecule has 0 bridgehead atoms. The van der Waals surface area contributed by atoms with E-state index >= 15 is 0 Å². The average Bonchev–Trinajstić information content (AvgIpc) is 2.49. The van der Waals surface area contributed by atoms with Crippen molar-refractivity contribution in [2.45, 2.75) is 43.4 Å². The first-order valence-electron chi connectivity index (χ1n) is 8.14. The van der Waals surface area contributed by atoms with Gasteiger partial charge in [0.25, 0.3) is 0 Å². The smallest absolute Gasteiger partial charge is 0.0943 e. The Morgan fingerprint density at radius 1 is 1.15 bits per heavy atom. The first-order chi connectivity index (χ1) is 9.81. The van der Waals surface area contributed by atoms with Crippen molar-refractivity contribution >= 4 is 0 Å². The summed E-state index contributed by atoms with van der Waals surface area (Å²) in [6, 6.07) is 0.728. The molecule has 0 radical (unpaired) electrons. The van der Waals surface area contributed by atoms with E-state index in [9.17, 15) is 0 Å². The van der Waals surface area contributed by atoms with Crippen LogP contribution in [0.2, 0.25) is 0 Å². The maximum Gasteiger partial charge on any atom is 0.0943 e. The number of hydrogen-bond donors (Lipinski definition) is 2. The predicted octanol–water partition coefficient (Wildman–Crippen LogP) is 0.208. The van der Waals surface area contributed by atoms with Crippen LogP contribution in [0.25, 0.3) is 0 Å². The zero-order valence-corrected chi connectivity index (χ0v) is 12.7. The minimum Gasteiger partial charge on any atom is -0.382 e. The van der Waals surface area contributed by atoms with Crippen molar-refractivity contribution in [3.05, 3.63) is 0 Å². The third-order valence-electron chi connectivity index (χ3n) is 5.04. The number of morpholine rings is 1. The number of hydrogen-bond acceptors (Lipinski definition) is 5. The highest BCUT2D eigenvalue weighted by atomic mass is 16.5. The number of methoxy groups -OCH3 is 1. The van der Waals surface area contributed by atoms with Crippen molar-refractivity contribution in [3.8, 4) is 0 Å². The second-order valence-electron chi connectivity index (χ2n) is 6.54. The molecule has 5 heteroatoms. The van der Waals surface area contributed by atoms with Crippen LogP contribution < -0.4 is 10.6 Å². The lowest BCUT2D eigenvalue weighted by Gasteiger charge is -2.51. The van der Waals surface area contributed by atoms with Gasteiger partial charge in [-0.1, -0.05) is 0 Å². The Labute approximate surface area is 122 Å². The SMILES string of the molecule is COCC1CN(C2CCNCC2)CC2(CCNCC2)O1. The summed E-state index contributed by atoms with van der Waals surface area (Å²) in [4.78, 5) is 2.69. The lowest BCUT2D eigenvalue weighted by atomic mass is 9.88. The van der Waals surface area contributed by atoms with Crippen LogP contribution >= 0.6 is 0 Å². The zero-order valence-electron chi connectivity index (χ0n) is 12.7. The summed E-state index contributed by atoms with van der Waals surface area (Å²) in [7, 11) is 1.78. The summed E-state index contributed by atoms with van der Waals surface area (Å²) in [5, 5.41) is 6.93. The molecule has 1 atom stereocenters. The van der Waals surface area contributed by atoms with Crippen LogP contribution in [0.15, 0.2) is 0 Å². The molecule has 3 aliphatic heterocycles. The van der Waals surface area contributed by atoms with Gasteiger partial charge in [0.2, 0.25) is 0 Å². The monoisotopic (exact) mass is 283 g/mol. The zero-order chi connectivity index (χ0) is 13.8. The van der Waals surface area contributed by atoms with Gasteiger partial charge in [-0.05, 0) is 51.9 Å². The topological polar surface area (TPSA) is 45.8 Å². The number of nitrogens with zero attached hydrogens (tertiary/aromatic N) is 1. The minimum atomic E-state index is 0.0670. The second-order valence-corrected chi connectivity index (χ2v) is 6.54. The first kappa shape index (κ1) is 14.7. The van der Waals surface area contributed by atoms with E-state index in [0.717, 1.165) is 64.8 Å². The van der Waals surface area contributed by atoms with Crippen LogP contribution in [0.3, 0.4) is 0 Å². The average molecular weight is 283 g/mol. The van der Waals surface area contributed by atoms with E-state index in [4.69, 9.17) is 9.47 Å². The molecule has 5 nitrogen and oxygen atoms in total. The molecule has 116 valence electrons. The Hall–Kier alpha value is -0.200. The Morgan fingerprint density at radius 3 is 2.55 bits per heavy atom. The van der Waals surface area contributed by atoms with Crippen molar-refractivity contribution in [2.75, 3.05) is 53.0 Å². The Balaban J connectivity index is 1.68. The molecule has 0 aromatic heterocycles. The van der Waals surface area contributed by atoms with E-state index in [2.05, 4.69) is 15.5 Å². The van der Waals surface area contributed by atoms with Crippen molar-refractivity contribution in [1.29, 1.82) is 0 Å². The van der Waals surface area contributed by atoms with Crippen LogP contribution in [0, 0.1) is 0 Å². The molecule has 3 aliphatic rings. The van der Waals surface area contributed by atoms with Crippen LogP contribution in [0.1, 0.15) is 25.7 Å². The van der Waals surface area contributed by atoms with Gasteiger partial charge in [-0.2, -0.15) is 0 Å². The van der Waals surface area contributed by atoms with Crippen molar-refractivity contribution < 1.29 is 9.47 Å². The molecule has 2 N–H and O–H groups in total. The normalized spacial score (nSPS) is 32.5. The molecule has 0 saturated carbocycles. The van der Waals surface area contributed by atoms with Crippen LogP contribution in [-0.2, 0) is 9.47 Å². The van der Waals surface area contributed by atoms with Gasteiger partial charge in [-0.3, -0.25) is 4.90 Å². The van der Waals surface area contributed by atoms with E-state index in [1.165, 1.54) is 12.8 Å². The van der Waals surface area contributed by atoms with Gasteiger partial charge in [0.1, 0.15) is 0 Å². The van der Waals surface area contributed by atoms with Crippen molar-refractivity contribution in [2.24, 2.45) is 0 Å². The molecule has 0 amide bonds. The largest absolute Gasteiger partial charge is 0.382 e. The van der Waals surface area contributed by atoms with Gasteiger partial charge in [-0.25, -0.2) is 0 Å². The molecular weight excluding hydrogens is 254 g/mol. The Bertz CT molecular complexity index is 301. The molecule has 3 rings (SSSR count). The van der Waals surface area contributed by atoms with Crippen LogP contribution in [-0.4, -0.2) is 75.6 Å². The van der Waals surface area contributed by atoms with Crippen LogP contribution in [0.4, 0.5) is 0 Å². The number of nitrogens with one attached hydrogen (secondary N) is 2. The van der Waals surface area contributed by atoms with Gasteiger partial charge < -0.3 is 20.1 Å². The molecule has 0 aliphatic carbocycles. The van der Waals surface area contributed by atoms with E-state index in [-0.39, 0.29) is 11.7 Å². The summed E-state index contributed by atoms with van der Waals surface area (Å²) in [6.07, 6.45) is 5.05. The third kappa shape index (κ3) is 3.34. The highest BCUT2D eigenvalue weighted by Crippen LogP contribution is 2.32. The van der Waals surface area contributed by atoms with E-state index in [0.29, 0.717) is 0 Å². The van der Waals surface area contributed by atoms with Gasteiger partial charge >= 0.3 is 0 Å². The summed E-state index contributed by atoms with van der Waals surface area (Å²) in [5.41, 5.74) is 0.0670. The molecular formula is C15H29N3O2. The summed E-state index contributed by atoms with van der Waals surface area (Å²) >= 11 is 0. The molecule has 20 heavy (non-hydrogen) atoms. The summed E-state index contributed by atoms with van der Waals surface area (Å²) < 4.78 is 11.8.